The number of carbonyl (C=O) groups excluding carboxylic acids is 1. The van der Waals surface area contributed by atoms with Crippen LogP contribution in [0.2, 0.25) is 0 Å². The maximum atomic E-state index is 11.7. The molecule has 0 saturated heterocycles. The lowest BCUT2D eigenvalue weighted by Gasteiger charge is -2.13. The highest BCUT2D eigenvalue weighted by Crippen LogP contribution is 2.43. The minimum atomic E-state index is 0.135. The maximum Gasteiger partial charge on any atom is 0.220 e. The van der Waals surface area contributed by atoms with Crippen molar-refractivity contribution in [2.75, 3.05) is 13.1 Å². The number of hydrogen-bond donors (Lipinski definition) is 2. The van der Waals surface area contributed by atoms with E-state index in [1.54, 1.807) is 0 Å². The molecule has 0 aromatic heterocycles. The average Bonchev–Trinajstić information content (AvgIpc) is 3.15. The van der Waals surface area contributed by atoms with E-state index in [1.165, 1.54) is 11.1 Å². The monoisotopic (exact) mass is 246 g/mol. The molecule has 0 spiro atoms. The summed E-state index contributed by atoms with van der Waals surface area (Å²) < 4.78 is 0. The van der Waals surface area contributed by atoms with Gasteiger partial charge in [-0.05, 0) is 43.7 Å². The van der Waals surface area contributed by atoms with E-state index in [0.717, 1.165) is 25.8 Å². The molecule has 98 valence electrons. The number of hydrogen-bond acceptors (Lipinski definition) is 2. The largest absolute Gasteiger partial charge is 0.355 e. The molecule has 1 aromatic carbocycles. The van der Waals surface area contributed by atoms with Crippen molar-refractivity contribution in [2.24, 2.45) is 11.1 Å². The topological polar surface area (TPSA) is 55.1 Å². The maximum absolute atomic E-state index is 11.7. The number of rotatable bonds is 6. The molecular formula is C15H22N2O. The van der Waals surface area contributed by atoms with E-state index in [0.29, 0.717) is 13.0 Å². The number of benzene rings is 1. The number of nitrogens with two attached hydrogens (primary N) is 1. The molecule has 0 unspecified atom stereocenters. The zero-order valence-corrected chi connectivity index (χ0v) is 11.0. The summed E-state index contributed by atoms with van der Waals surface area (Å²) >= 11 is 0. The lowest BCUT2D eigenvalue weighted by atomic mass is 10.1. The summed E-state index contributed by atoms with van der Waals surface area (Å²) in [6.07, 6.45) is 3.68. The zero-order chi connectivity index (χ0) is 13.0. The molecule has 0 aliphatic heterocycles. The molecular weight excluding hydrogens is 224 g/mol. The van der Waals surface area contributed by atoms with Crippen molar-refractivity contribution < 1.29 is 4.79 Å². The second-order valence-corrected chi connectivity index (χ2v) is 5.47. The fourth-order valence-electron chi connectivity index (χ4n) is 2.13. The van der Waals surface area contributed by atoms with Crippen molar-refractivity contribution in [1.29, 1.82) is 0 Å². The first-order chi connectivity index (χ1) is 8.63. The Morgan fingerprint density at radius 3 is 2.83 bits per heavy atom. The van der Waals surface area contributed by atoms with Crippen molar-refractivity contribution in [3.05, 3.63) is 35.4 Å². The van der Waals surface area contributed by atoms with Crippen LogP contribution in [0.4, 0.5) is 0 Å². The van der Waals surface area contributed by atoms with Crippen LogP contribution >= 0.6 is 0 Å². The Bertz CT molecular complexity index is 424. The van der Waals surface area contributed by atoms with E-state index >= 15 is 0 Å². The zero-order valence-electron chi connectivity index (χ0n) is 11.0. The lowest BCUT2D eigenvalue weighted by Crippen LogP contribution is -2.33. The van der Waals surface area contributed by atoms with E-state index in [2.05, 4.69) is 30.4 Å². The van der Waals surface area contributed by atoms with Crippen LogP contribution in [0.25, 0.3) is 0 Å². The van der Waals surface area contributed by atoms with Crippen LogP contribution in [0.3, 0.4) is 0 Å². The molecule has 0 heterocycles. The van der Waals surface area contributed by atoms with E-state index in [-0.39, 0.29) is 11.3 Å². The number of nitrogens with one attached hydrogen (secondary N) is 1. The predicted molar refractivity (Wildman–Crippen MR) is 73.2 cm³/mol. The van der Waals surface area contributed by atoms with Gasteiger partial charge >= 0.3 is 0 Å². The Hall–Kier alpha value is -1.35. The van der Waals surface area contributed by atoms with Gasteiger partial charge < -0.3 is 11.1 Å². The van der Waals surface area contributed by atoms with Gasteiger partial charge in [-0.15, -0.1) is 0 Å². The first-order valence-corrected chi connectivity index (χ1v) is 6.66. The predicted octanol–water partition coefficient (Wildman–Crippen LogP) is 1.78. The minimum Gasteiger partial charge on any atom is -0.355 e. The van der Waals surface area contributed by atoms with Crippen LogP contribution in [0.5, 0.6) is 0 Å². The Morgan fingerprint density at radius 2 is 2.22 bits per heavy atom. The molecule has 1 amide bonds. The van der Waals surface area contributed by atoms with Gasteiger partial charge in [0.1, 0.15) is 0 Å². The summed E-state index contributed by atoms with van der Waals surface area (Å²) in [6, 6.07) is 8.32. The van der Waals surface area contributed by atoms with Crippen LogP contribution in [0.15, 0.2) is 24.3 Å². The smallest absolute Gasteiger partial charge is 0.220 e. The van der Waals surface area contributed by atoms with Crippen molar-refractivity contribution in [1.82, 2.24) is 5.32 Å². The summed E-state index contributed by atoms with van der Waals surface area (Å²) in [7, 11) is 0. The van der Waals surface area contributed by atoms with Crippen molar-refractivity contribution in [3.8, 4) is 0 Å². The average molecular weight is 246 g/mol. The van der Waals surface area contributed by atoms with Gasteiger partial charge in [0.05, 0.1) is 0 Å². The molecule has 2 rings (SSSR count). The van der Waals surface area contributed by atoms with Gasteiger partial charge in [0.15, 0.2) is 0 Å². The van der Waals surface area contributed by atoms with Gasteiger partial charge in [-0.1, -0.05) is 29.8 Å². The number of amides is 1. The number of aryl methyl sites for hydroxylation is 2. The highest BCUT2D eigenvalue weighted by molar-refractivity contribution is 5.76. The third-order valence-electron chi connectivity index (χ3n) is 3.77. The Labute approximate surface area is 109 Å². The minimum absolute atomic E-state index is 0.135. The first kappa shape index (κ1) is 13.1. The van der Waals surface area contributed by atoms with Crippen molar-refractivity contribution >= 4 is 5.91 Å². The summed E-state index contributed by atoms with van der Waals surface area (Å²) in [5.74, 6) is 0.135. The highest BCUT2D eigenvalue weighted by Gasteiger charge is 2.41. The van der Waals surface area contributed by atoms with Crippen molar-refractivity contribution in [2.45, 2.75) is 32.6 Å². The quantitative estimate of drug-likeness (QED) is 0.804. The molecule has 1 fully saturated rings. The van der Waals surface area contributed by atoms with Crippen molar-refractivity contribution in [3.63, 3.8) is 0 Å². The highest BCUT2D eigenvalue weighted by atomic mass is 16.1. The van der Waals surface area contributed by atoms with Gasteiger partial charge in [-0.2, -0.15) is 0 Å². The Kier molecular flexibility index (Phi) is 4.02. The van der Waals surface area contributed by atoms with Gasteiger partial charge in [0.25, 0.3) is 0 Å². The molecule has 0 radical (unpaired) electrons. The molecule has 1 aromatic rings. The van der Waals surface area contributed by atoms with Crippen LogP contribution in [0.1, 0.15) is 30.4 Å². The summed E-state index contributed by atoms with van der Waals surface area (Å²) in [6.45, 7) is 3.50. The van der Waals surface area contributed by atoms with Gasteiger partial charge in [-0.25, -0.2) is 0 Å². The molecule has 3 heteroatoms. The summed E-state index contributed by atoms with van der Waals surface area (Å²) in [4.78, 5) is 11.7. The SMILES string of the molecule is Cc1cccc(CCC(=O)NCC2(CN)CC2)c1. The molecule has 3 nitrogen and oxygen atoms in total. The first-order valence-electron chi connectivity index (χ1n) is 6.66. The van der Waals surface area contributed by atoms with Crippen LogP contribution in [0, 0.1) is 12.3 Å². The Balaban J connectivity index is 1.72. The van der Waals surface area contributed by atoms with Gasteiger partial charge in [0.2, 0.25) is 5.91 Å². The number of carbonyl (C=O) groups is 1. The van der Waals surface area contributed by atoms with E-state index in [1.807, 2.05) is 6.07 Å². The molecule has 1 saturated carbocycles. The second-order valence-electron chi connectivity index (χ2n) is 5.47. The fraction of sp³-hybridized carbons (Fsp3) is 0.533. The summed E-state index contributed by atoms with van der Waals surface area (Å²) in [5.41, 5.74) is 8.38. The molecule has 0 bridgehead atoms. The van der Waals surface area contributed by atoms with Crippen LogP contribution in [-0.4, -0.2) is 19.0 Å². The fourth-order valence-corrected chi connectivity index (χ4v) is 2.13. The third kappa shape index (κ3) is 3.57. The normalized spacial score (nSPS) is 16.3. The lowest BCUT2D eigenvalue weighted by molar-refractivity contribution is -0.121. The van der Waals surface area contributed by atoms with Gasteiger partial charge in [-0.3, -0.25) is 4.79 Å². The second kappa shape index (κ2) is 5.53. The molecule has 18 heavy (non-hydrogen) atoms. The molecule has 0 atom stereocenters. The Morgan fingerprint density at radius 1 is 1.44 bits per heavy atom. The van der Waals surface area contributed by atoms with Gasteiger partial charge in [0, 0.05) is 13.0 Å². The van der Waals surface area contributed by atoms with Crippen LogP contribution < -0.4 is 11.1 Å². The molecule has 1 aliphatic rings. The standard InChI is InChI=1S/C15H22N2O/c1-12-3-2-4-13(9-12)5-6-14(18)17-11-15(10-16)7-8-15/h2-4,9H,5-8,10-11,16H2,1H3,(H,17,18). The summed E-state index contributed by atoms with van der Waals surface area (Å²) in [5, 5.41) is 3.00. The molecule has 3 N–H and O–H groups in total. The van der Waals surface area contributed by atoms with E-state index < -0.39 is 0 Å². The van der Waals surface area contributed by atoms with E-state index in [4.69, 9.17) is 5.73 Å². The molecule has 1 aliphatic carbocycles. The third-order valence-corrected chi connectivity index (χ3v) is 3.77. The van der Waals surface area contributed by atoms with Crippen LogP contribution in [-0.2, 0) is 11.2 Å². The van der Waals surface area contributed by atoms with E-state index in [9.17, 15) is 4.79 Å².